The topological polar surface area (TPSA) is 58.2 Å². The highest BCUT2D eigenvalue weighted by atomic mass is 16.5. The molecule has 0 saturated heterocycles. The zero-order chi connectivity index (χ0) is 12.0. The molecule has 88 valence electrons. The van der Waals surface area contributed by atoms with Crippen LogP contribution in [0.3, 0.4) is 0 Å². The summed E-state index contributed by atoms with van der Waals surface area (Å²) in [6, 6.07) is 9.23. The van der Waals surface area contributed by atoms with Gasteiger partial charge in [-0.2, -0.15) is 4.68 Å². The second kappa shape index (κ2) is 3.38. The third kappa shape index (κ3) is 1.33. The van der Waals surface area contributed by atoms with Crippen molar-refractivity contribution < 1.29 is 4.74 Å². The maximum absolute atomic E-state index is 11.7. The smallest absolute Gasteiger partial charge is 0.350 e. The molecule has 2 heterocycles. The van der Waals surface area contributed by atoms with Crippen LogP contribution in [0.4, 0.5) is 0 Å². The van der Waals surface area contributed by atoms with E-state index in [1.165, 1.54) is 16.4 Å². The quantitative estimate of drug-likeness (QED) is 0.730. The summed E-state index contributed by atoms with van der Waals surface area (Å²) in [6.45, 7) is 0.407. The Bertz CT molecular complexity index is 666. The molecule has 0 aliphatic carbocycles. The summed E-state index contributed by atoms with van der Waals surface area (Å²) in [6.07, 6.45) is -0.390. The van der Waals surface area contributed by atoms with Crippen molar-refractivity contribution in [1.82, 2.24) is 13.9 Å². The molecular weight excluding hydrogens is 222 g/mol. The number of aromatic nitrogens is 3. The molecule has 0 spiro atoms. The third-order valence-corrected chi connectivity index (χ3v) is 2.87. The largest absolute Gasteiger partial charge is 0.467 e. The van der Waals surface area contributed by atoms with E-state index in [4.69, 9.17) is 4.74 Å². The van der Waals surface area contributed by atoms with Crippen molar-refractivity contribution in [3.63, 3.8) is 0 Å². The Morgan fingerprint density at radius 1 is 1.18 bits per heavy atom. The van der Waals surface area contributed by atoms with Crippen LogP contribution in [-0.4, -0.2) is 13.9 Å². The van der Waals surface area contributed by atoms with Gasteiger partial charge in [-0.3, -0.25) is 0 Å². The Morgan fingerprint density at radius 3 is 2.53 bits per heavy atom. The van der Waals surface area contributed by atoms with Gasteiger partial charge in [-0.1, -0.05) is 18.2 Å². The lowest BCUT2D eigenvalue weighted by Crippen LogP contribution is -2.46. The highest BCUT2D eigenvalue weighted by Gasteiger charge is 2.32. The lowest BCUT2D eigenvalue weighted by atomic mass is 10.3. The third-order valence-electron chi connectivity index (χ3n) is 2.87. The Hall–Kier alpha value is -2.24. The van der Waals surface area contributed by atoms with Crippen LogP contribution in [0.15, 0.2) is 39.9 Å². The molecule has 17 heavy (non-hydrogen) atoms. The van der Waals surface area contributed by atoms with Gasteiger partial charge in [-0.25, -0.2) is 18.8 Å². The van der Waals surface area contributed by atoms with E-state index < -0.39 is 6.23 Å². The second-order valence-corrected chi connectivity index (χ2v) is 3.94. The number of para-hydroxylation sites is 1. The molecule has 1 aromatic heterocycles. The highest BCUT2D eigenvalue weighted by Crippen LogP contribution is 2.21. The van der Waals surface area contributed by atoms with Crippen molar-refractivity contribution in [3.8, 4) is 5.75 Å². The molecule has 1 aromatic carbocycles. The first kappa shape index (κ1) is 9.95. The van der Waals surface area contributed by atoms with E-state index in [-0.39, 0.29) is 11.4 Å². The summed E-state index contributed by atoms with van der Waals surface area (Å²) in [5, 5.41) is 0. The summed E-state index contributed by atoms with van der Waals surface area (Å²) in [7, 11) is 1.46. The molecule has 1 aliphatic heterocycles. The van der Waals surface area contributed by atoms with Gasteiger partial charge < -0.3 is 4.74 Å². The average molecular weight is 233 g/mol. The number of ether oxygens (including phenoxy) is 1. The predicted molar refractivity (Wildman–Crippen MR) is 60.0 cm³/mol. The van der Waals surface area contributed by atoms with Crippen molar-refractivity contribution >= 4 is 0 Å². The van der Waals surface area contributed by atoms with E-state index >= 15 is 0 Å². The lowest BCUT2D eigenvalue weighted by molar-refractivity contribution is 0.00500. The molecular formula is C11H11N3O3. The van der Waals surface area contributed by atoms with Crippen molar-refractivity contribution in [1.29, 1.82) is 0 Å². The molecule has 0 amide bonds. The van der Waals surface area contributed by atoms with Crippen LogP contribution in [0.1, 0.15) is 6.23 Å². The monoisotopic (exact) mass is 233 g/mol. The van der Waals surface area contributed by atoms with Crippen LogP contribution in [0, 0.1) is 0 Å². The molecule has 0 bridgehead atoms. The minimum atomic E-state index is -0.390. The van der Waals surface area contributed by atoms with Crippen LogP contribution >= 0.6 is 0 Å². The summed E-state index contributed by atoms with van der Waals surface area (Å²) in [5.74, 6) is 0.687. The van der Waals surface area contributed by atoms with E-state index in [1.54, 1.807) is 0 Å². The number of nitrogens with zero attached hydrogens (tertiary/aromatic N) is 3. The van der Waals surface area contributed by atoms with E-state index in [0.717, 1.165) is 4.57 Å². The average Bonchev–Trinajstić information content (AvgIpc) is 2.48. The van der Waals surface area contributed by atoms with Crippen molar-refractivity contribution in [2.75, 3.05) is 0 Å². The molecule has 0 fully saturated rings. The normalized spacial score (nSPS) is 17.4. The molecule has 1 aliphatic rings. The summed E-state index contributed by atoms with van der Waals surface area (Å²) in [4.78, 5) is 23.2. The lowest BCUT2D eigenvalue weighted by Gasteiger charge is -2.29. The Labute approximate surface area is 96.3 Å². The zero-order valence-electron chi connectivity index (χ0n) is 9.24. The van der Waals surface area contributed by atoms with Gasteiger partial charge in [0.2, 0.25) is 6.23 Å². The molecule has 6 heteroatoms. The van der Waals surface area contributed by atoms with Gasteiger partial charge in [0, 0.05) is 7.05 Å². The van der Waals surface area contributed by atoms with Crippen molar-refractivity contribution in [3.05, 3.63) is 51.3 Å². The number of hydrogen-bond donors (Lipinski definition) is 0. The molecule has 0 saturated carbocycles. The fraction of sp³-hybridized carbons (Fsp3) is 0.273. The van der Waals surface area contributed by atoms with Gasteiger partial charge in [0.1, 0.15) is 12.3 Å². The minimum absolute atomic E-state index is 0.303. The van der Waals surface area contributed by atoms with Crippen LogP contribution in [-0.2, 0) is 13.6 Å². The summed E-state index contributed by atoms with van der Waals surface area (Å²) < 4.78 is 9.39. The van der Waals surface area contributed by atoms with Crippen LogP contribution in [0.25, 0.3) is 0 Å². The molecule has 1 atom stereocenters. The van der Waals surface area contributed by atoms with Gasteiger partial charge in [0.05, 0.1) is 0 Å². The first-order valence-corrected chi connectivity index (χ1v) is 5.28. The summed E-state index contributed by atoms with van der Waals surface area (Å²) >= 11 is 0. The number of rotatable bonds is 2. The van der Waals surface area contributed by atoms with Crippen LogP contribution in [0.2, 0.25) is 0 Å². The van der Waals surface area contributed by atoms with Gasteiger partial charge in [-0.15, -0.1) is 0 Å². The first-order chi connectivity index (χ1) is 8.18. The number of hydrogen-bond acceptors (Lipinski definition) is 3. The maximum atomic E-state index is 11.7. The van der Waals surface area contributed by atoms with Crippen LogP contribution < -0.4 is 16.1 Å². The van der Waals surface area contributed by atoms with Gasteiger partial charge >= 0.3 is 11.4 Å². The molecule has 0 radical (unpaired) electrons. The number of benzene rings is 1. The van der Waals surface area contributed by atoms with Crippen molar-refractivity contribution in [2.45, 2.75) is 12.8 Å². The highest BCUT2D eigenvalue weighted by molar-refractivity contribution is 5.21. The number of fused-ring (bicyclic) bond motifs is 1. The van der Waals surface area contributed by atoms with E-state index in [1.807, 2.05) is 30.3 Å². The summed E-state index contributed by atoms with van der Waals surface area (Å²) in [5.41, 5.74) is -0.648. The Balaban J connectivity index is 1.93. The molecule has 2 aromatic rings. The maximum Gasteiger partial charge on any atom is 0.350 e. The zero-order valence-corrected chi connectivity index (χ0v) is 9.24. The van der Waals surface area contributed by atoms with Gasteiger partial charge in [-0.05, 0) is 12.1 Å². The molecule has 0 N–H and O–H groups in total. The van der Waals surface area contributed by atoms with Crippen LogP contribution in [0.5, 0.6) is 5.75 Å². The van der Waals surface area contributed by atoms with Gasteiger partial charge in [0.25, 0.3) is 0 Å². The first-order valence-electron chi connectivity index (χ1n) is 5.28. The standard InChI is InChI=1S/C11H11N3O3/c1-12-10(15)13-7-9(14(13)11(12)16)17-8-5-3-2-4-6-8/h2-6,9H,7H2,1H3. The Kier molecular flexibility index (Phi) is 1.98. The Morgan fingerprint density at radius 2 is 1.88 bits per heavy atom. The van der Waals surface area contributed by atoms with E-state index in [0.29, 0.717) is 12.3 Å². The van der Waals surface area contributed by atoms with Crippen molar-refractivity contribution in [2.24, 2.45) is 7.05 Å². The fourth-order valence-electron chi connectivity index (χ4n) is 1.92. The van der Waals surface area contributed by atoms with E-state index in [9.17, 15) is 9.59 Å². The second-order valence-electron chi connectivity index (χ2n) is 3.94. The van der Waals surface area contributed by atoms with Gasteiger partial charge in [0.15, 0.2) is 0 Å². The fourth-order valence-corrected chi connectivity index (χ4v) is 1.92. The minimum Gasteiger partial charge on any atom is -0.467 e. The molecule has 1 unspecified atom stereocenters. The predicted octanol–water partition coefficient (Wildman–Crippen LogP) is -0.0603. The SMILES string of the molecule is Cn1c(=O)n2n(c1=O)C(Oc1ccccc1)C2. The molecule has 6 nitrogen and oxygen atoms in total. The molecule has 3 rings (SSSR count). The van der Waals surface area contributed by atoms with E-state index in [2.05, 4.69) is 0 Å².